The second-order valence-corrected chi connectivity index (χ2v) is 10.6. The largest absolute Gasteiger partial charge is 0.454 e. The first-order chi connectivity index (χ1) is 19.4. The molecule has 1 aliphatic heterocycles. The Labute approximate surface area is 241 Å². The highest BCUT2D eigenvalue weighted by Crippen LogP contribution is 2.35. The van der Waals surface area contributed by atoms with Crippen LogP contribution in [0, 0.1) is 13.8 Å². The van der Waals surface area contributed by atoms with Crippen LogP contribution in [-0.2, 0) is 16.1 Å². The number of nitrogens with zero attached hydrogens (tertiary/aromatic N) is 3. The molecule has 2 amide bonds. The van der Waals surface area contributed by atoms with E-state index < -0.39 is 6.04 Å². The highest BCUT2D eigenvalue weighted by molar-refractivity contribution is 7.99. The lowest BCUT2D eigenvalue weighted by molar-refractivity contribution is -0.137. The zero-order valence-corrected chi connectivity index (χ0v) is 23.5. The molecule has 1 aromatic heterocycles. The number of anilines is 1. The fourth-order valence-corrected chi connectivity index (χ4v) is 5.43. The summed E-state index contributed by atoms with van der Waals surface area (Å²) in [6, 6.07) is 22.6. The van der Waals surface area contributed by atoms with Crippen LogP contribution < -0.4 is 14.8 Å². The number of ether oxygens (including phenoxy) is 2. The van der Waals surface area contributed by atoms with Crippen LogP contribution in [0.3, 0.4) is 0 Å². The minimum atomic E-state index is -0.948. The topological polar surface area (TPSA) is 93.7 Å². The number of hydrogen-bond donors (Lipinski definition) is 1. The van der Waals surface area contributed by atoms with Crippen molar-refractivity contribution in [3.05, 3.63) is 106 Å². The van der Waals surface area contributed by atoms with Gasteiger partial charge in [0.2, 0.25) is 12.7 Å². The molecule has 10 heteroatoms. The summed E-state index contributed by atoms with van der Waals surface area (Å²) in [6.07, 6.45) is 0. The first kappa shape index (κ1) is 27.5. The zero-order valence-electron chi connectivity index (χ0n) is 22.0. The van der Waals surface area contributed by atoms with E-state index in [2.05, 4.69) is 15.3 Å². The number of fused-ring (bicyclic) bond motifs is 1. The summed E-state index contributed by atoms with van der Waals surface area (Å²) in [6.45, 7) is 4.02. The van der Waals surface area contributed by atoms with Gasteiger partial charge < -0.3 is 19.7 Å². The summed E-state index contributed by atoms with van der Waals surface area (Å²) in [5.74, 6) is 0.552. The molecule has 0 radical (unpaired) electrons. The summed E-state index contributed by atoms with van der Waals surface area (Å²) in [5.41, 5.74) is 3.55. The lowest BCUT2D eigenvalue weighted by atomic mass is 10.0. The number of thioether (sulfide) groups is 1. The van der Waals surface area contributed by atoms with Crippen molar-refractivity contribution in [3.63, 3.8) is 0 Å². The number of halogens is 1. The molecule has 0 fully saturated rings. The van der Waals surface area contributed by atoms with Crippen LogP contribution in [0.15, 0.2) is 84.0 Å². The van der Waals surface area contributed by atoms with Crippen LogP contribution in [0.25, 0.3) is 0 Å². The monoisotopic (exact) mass is 574 g/mol. The van der Waals surface area contributed by atoms with Crippen molar-refractivity contribution in [2.24, 2.45) is 0 Å². The Bertz CT molecular complexity index is 1520. The van der Waals surface area contributed by atoms with Crippen LogP contribution in [0.2, 0.25) is 5.02 Å². The first-order valence-electron chi connectivity index (χ1n) is 12.6. The molecule has 1 atom stereocenters. The molecule has 8 nitrogen and oxygen atoms in total. The van der Waals surface area contributed by atoms with E-state index in [-0.39, 0.29) is 30.9 Å². The Morgan fingerprint density at radius 2 is 1.65 bits per heavy atom. The average molecular weight is 575 g/mol. The van der Waals surface area contributed by atoms with Gasteiger partial charge in [-0.2, -0.15) is 0 Å². The summed E-state index contributed by atoms with van der Waals surface area (Å²) < 4.78 is 10.9. The summed E-state index contributed by atoms with van der Waals surface area (Å²) >= 11 is 7.74. The van der Waals surface area contributed by atoms with Crippen LogP contribution in [-0.4, -0.2) is 39.2 Å². The first-order valence-corrected chi connectivity index (χ1v) is 14.0. The molecule has 40 heavy (non-hydrogen) atoms. The third-order valence-corrected chi connectivity index (χ3v) is 7.42. The third kappa shape index (κ3) is 6.55. The van der Waals surface area contributed by atoms with E-state index in [4.69, 9.17) is 21.1 Å². The van der Waals surface area contributed by atoms with Crippen molar-refractivity contribution < 1.29 is 19.1 Å². The third-order valence-electron chi connectivity index (χ3n) is 6.22. The highest BCUT2D eigenvalue weighted by Gasteiger charge is 2.32. The van der Waals surface area contributed by atoms with Crippen molar-refractivity contribution >= 4 is 40.9 Å². The molecule has 0 spiro atoms. The Morgan fingerprint density at radius 1 is 0.950 bits per heavy atom. The molecule has 0 bridgehead atoms. The number of hydrogen-bond acceptors (Lipinski definition) is 7. The Kier molecular flexibility index (Phi) is 8.52. The Hall–Kier alpha value is -4.08. The smallest absolute Gasteiger partial charge is 0.251 e. The quantitative estimate of drug-likeness (QED) is 0.194. The molecule has 0 saturated carbocycles. The molecular formula is C30H27ClN4O4S. The molecule has 5 rings (SSSR count). The Morgan fingerprint density at radius 3 is 2.40 bits per heavy atom. The summed E-state index contributed by atoms with van der Waals surface area (Å²) in [7, 11) is 0. The van der Waals surface area contributed by atoms with Gasteiger partial charge in [-0.15, -0.1) is 0 Å². The predicted molar refractivity (Wildman–Crippen MR) is 155 cm³/mol. The maximum absolute atomic E-state index is 14.0. The van der Waals surface area contributed by atoms with Gasteiger partial charge in [-0.05, 0) is 49.2 Å². The van der Waals surface area contributed by atoms with Gasteiger partial charge in [-0.1, -0.05) is 71.9 Å². The van der Waals surface area contributed by atoms with Crippen molar-refractivity contribution in [1.82, 2.24) is 14.9 Å². The number of aromatic nitrogens is 2. The number of benzene rings is 3. The normalized spacial score (nSPS) is 12.6. The maximum atomic E-state index is 14.0. The van der Waals surface area contributed by atoms with Gasteiger partial charge in [0.15, 0.2) is 16.7 Å². The number of nitrogens with one attached hydrogen (secondary N) is 1. The van der Waals surface area contributed by atoms with Crippen molar-refractivity contribution in [2.45, 2.75) is 31.6 Å². The van der Waals surface area contributed by atoms with E-state index >= 15 is 0 Å². The van der Waals surface area contributed by atoms with Gasteiger partial charge in [0.05, 0.1) is 5.75 Å². The lowest BCUT2D eigenvalue weighted by Crippen LogP contribution is -2.42. The van der Waals surface area contributed by atoms with Gasteiger partial charge in [-0.25, -0.2) is 9.97 Å². The van der Waals surface area contributed by atoms with Crippen LogP contribution >= 0.6 is 23.4 Å². The molecule has 2 heterocycles. The summed E-state index contributed by atoms with van der Waals surface area (Å²) in [4.78, 5) is 38.3. The second-order valence-electron chi connectivity index (χ2n) is 9.21. The van der Waals surface area contributed by atoms with Crippen LogP contribution in [0.1, 0.15) is 28.6 Å². The fraction of sp³-hybridized carbons (Fsp3) is 0.200. The van der Waals surface area contributed by atoms with Gasteiger partial charge in [0.25, 0.3) is 5.91 Å². The summed E-state index contributed by atoms with van der Waals surface area (Å²) in [5, 5.41) is 3.97. The zero-order chi connectivity index (χ0) is 28.1. The highest BCUT2D eigenvalue weighted by atomic mass is 35.5. The van der Waals surface area contributed by atoms with Gasteiger partial charge >= 0.3 is 0 Å². The number of aryl methyl sites for hydroxylation is 2. The molecule has 1 aliphatic rings. The lowest BCUT2D eigenvalue weighted by Gasteiger charge is -2.32. The molecule has 1 N–H and O–H groups in total. The van der Waals surface area contributed by atoms with Crippen molar-refractivity contribution in [3.8, 4) is 11.5 Å². The van der Waals surface area contributed by atoms with E-state index in [0.717, 1.165) is 17.0 Å². The van der Waals surface area contributed by atoms with E-state index in [9.17, 15) is 9.59 Å². The molecule has 0 saturated heterocycles. The van der Waals surface area contributed by atoms with E-state index in [1.54, 1.807) is 29.2 Å². The predicted octanol–water partition coefficient (Wildman–Crippen LogP) is 5.98. The van der Waals surface area contributed by atoms with E-state index in [1.165, 1.54) is 11.8 Å². The molecule has 1 unspecified atom stereocenters. The molecule has 204 valence electrons. The maximum Gasteiger partial charge on any atom is 0.251 e. The van der Waals surface area contributed by atoms with Gasteiger partial charge in [0.1, 0.15) is 6.04 Å². The van der Waals surface area contributed by atoms with Crippen molar-refractivity contribution in [1.29, 1.82) is 0 Å². The standard InChI is InChI=1S/C30H27ClN4O4S/c1-19-14-20(2)33-30(32-19)40-17-27(36)35(16-22-10-6-7-11-24(22)31)28(21-8-4-3-5-9-21)29(37)34-23-12-13-25-26(15-23)39-18-38-25/h3-15,28H,16-18H2,1-2H3,(H,34,37). The molecule has 3 aromatic carbocycles. The number of rotatable bonds is 9. The SMILES string of the molecule is Cc1cc(C)nc(SCC(=O)N(Cc2ccccc2Cl)C(C(=O)Nc2ccc3c(c2)OCO3)c2ccccc2)n1. The number of carbonyl (C=O) groups is 2. The van der Waals surface area contributed by atoms with Gasteiger partial charge in [-0.3, -0.25) is 9.59 Å². The average Bonchev–Trinajstić information content (AvgIpc) is 3.40. The minimum Gasteiger partial charge on any atom is -0.454 e. The number of amides is 2. The Balaban J connectivity index is 1.48. The van der Waals surface area contributed by atoms with E-state index in [0.29, 0.717) is 32.9 Å². The molecular weight excluding hydrogens is 548 g/mol. The van der Waals surface area contributed by atoms with Crippen LogP contribution in [0.4, 0.5) is 5.69 Å². The fourth-order valence-electron chi connectivity index (χ4n) is 4.39. The molecule has 0 aliphatic carbocycles. The van der Waals surface area contributed by atoms with Crippen molar-refractivity contribution in [2.75, 3.05) is 17.9 Å². The molecule has 4 aromatic rings. The second kappa shape index (κ2) is 12.4. The van der Waals surface area contributed by atoms with E-state index in [1.807, 2.05) is 68.4 Å². The van der Waals surface area contributed by atoms with Gasteiger partial charge in [0, 0.05) is 34.7 Å². The van der Waals surface area contributed by atoms with Crippen LogP contribution in [0.5, 0.6) is 11.5 Å². The number of carbonyl (C=O) groups excluding carboxylic acids is 2. The minimum absolute atomic E-state index is 0.0357.